The van der Waals surface area contributed by atoms with E-state index in [4.69, 9.17) is 5.73 Å². The minimum atomic E-state index is -0.242. The zero-order valence-corrected chi connectivity index (χ0v) is 11.3. The molecule has 104 valence electrons. The molecule has 0 aliphatic heterocycles. The van der Waals surface area contributed by atoms with Crippen LogP contribution in [0.4, 0.5) is 4.39 Å². The highest BCUT2D eigenvalue weighted by Gasteiger charge is 2.32. The summed E-state index contributed by atoms with van der Waals surface area (Å²) in [5, 5.41) is 0. The molecule has 0 radical (unpaired) electrons. The van der Waals surface area contributed by atoms with Gasteiger partial charge in [0.05, 0.1) is 0 Å². The zero-order valence-electron chi connectivity index (χ0n) is 11.3. The second kappa shape index (κ2) is 6.15. The normalized spacial score (nSPS) is 16.2. The van der Waals surface area contributed by atoms with E-state index in [2.05, 4.69) is 0 Å². The number of benzene rings is 1. The quantitative estimate of drug-likeness (QED) is 0.857. The Bertz CT molecular complexity index is 444. The van der Waals surface area contributed by atoms with Gasteiger partial charge in [0.2, 0.25) is 5.91 Å². The van der Waals surface area contributed by atoms with Crippen molar-refractivity contribution in [3.8, 4) is 0 Å². The van der Waals surface area contributed by atoms with Gasteiger partial charge in [-0.1, -0.05) is 18.2 Å². The summed E-state index contributed by atoms with van der Waals surface area (Å²) in [6.07, 6.45) is 3.18. The number of hydrogen-bond donors (Lipinski definition) is 1. The first-order valence-electron chi connectivity index (χ1n) is 6.86. The third kappa shape index (κ3) is 4.03. The molecule has 1 unspecified atom stereocenters. The summed E-state index contributed by atoms with van der Waals surface area (Å²) in [6, 6.07) is 6.96. The molecule has 0 spiro atoms. The zero-order chi connectivity index (χ0) is 13.8. The maximum absolute atomic E-state index is 13.7. The molecule has 2 N–H and O–H groups in total. The predicted molar refractivity (Wildman–Crippen MR) is 72.9 cm³/mol. The smallest absolute Gasteiger partial charge is 0.223 e. The fourth-order valence-electron chi connectivity index (χ4n) is 2.11. The number of rotatable bonds is 6. The second-order valence-corrected chi connectivity index (χ2v) is 5.36. The SMILES string of the molecule is CC(N)CCC(=O)N(Cc1ccccc1F)C1CC1. The van der Waals surface area contributed by atoms with Gasteiger partial charge in [-0.15, -0.1) is 0 Å². The number of amides is 1. The Labute approximate surface area is 113 Å². The number of hydrogen-bond acceptors (Lipinski definition) is 2. The fraction of sp³-hybridized carbons (Fsp3) is 0.533. The molecule has 3 nitrogen and oxygen atoms in total. The molecule has 1 saturated carbocycles. The minimum Gasteiger partial charge on any atom is -0.335 e. The predicted octanol–water partition coefficient (Wildman–Crippen LogP) is 2.44. The van der Waals surface area contributed by atoms with Gasteiger partial charge < -0.3 is 10.6 Å². The highest BCUT2D eigenvalue weighted by atomic mass is 19.1. The van der Waals surface area contributed by atoms with Crippen LogP contribution in [0.1, 0.15) is 38.2 Å². The Morgan fingerprint density at radius 3 is 2.74 bits per heavy atom. The number of nitrogens with zero attached hydrogens (tertiary/aromatic N) is 1. The van der Waals surface area contributed by atoms with Crippen molar-refractivity contribution in [2.24, 2.45) is 5.73 Å². The number of carbonyl (C=O) groups excluding carboxylic acids is 1. The maximum atomic E-state index is 13.7. The summed E-state index contributed by atoms with van der Waals surface area (Å²) in [6.45, 7) is 2.26. The third-order valence-electron chi connectivity index (χ3n) is 3.42. The van der Waals surface area contributed by atoms with Crippen LogP contribution in [0, 0.1) is 5.82 Å². The molecule has 1 fully saturated rings. The van der Waals surface area contributed by atoms with E-state index in [1.165, 1.54) is 6.07 Å². The Balaban J connectivity index is 2.00. The number of nitrogens with two attached hydrogens (primary N) is 1. The molecule has 4 heteroatoms. The standard InChI is InChI=1S/C15H21FN2O/c1-11(17)6-9-15(19)18(13-7-8-13)10-12-4-2-3-5-14(12)16/h2-5,11,13H,6-10,17H2,1H3. The van der Waals surface area contributed by atoms with Gasteiger partial charge in [0.1, 0.15) is 5.82 Å². The summed E-state index contributed by atoms with van der Waals surface area (Å²) in [5.41, 5.74) is 6.27. The van der Waals surface area contributed by atoms with Gasteiger partial charge in [-0.05, 0) is 32.3 Å². The van der Waals surface area contributed by atoms with Gasteiger partial charge in [0.25, 0.3) is 0 Å². The fourth-order valence-corrected chi connectivity index (χ4v) is 2.11. The van der Waals surface area contributed by atoms with Crippen molar-refractivity contribution >= 4 is 5.91 Å². The van der Waals surface area contributed by atoms with Crippen molar-refractivity contribution in [1.29, 1.82) is 0 Å². The van der Waals surface area contributed by atoms with E-state index in [9.17, 15) is 9.18 Å². The first-order chi connectivity index (χ1) is 9.08. The minimum absolute atomic E-state index is 0.0264. The van der Waals surface area contributed by atoms with E-state index < -0.39 is 0 Å². The average Bonchev–Trinajstić information content (AvgIpc) is 3.19. The van der Waals surface area contributed by atoms with Gasteiger partial charge in [0.15, 0.2) is 0 Å². The Kier molecular flexibility index (Phi) is 4.53. The van der Waals surface area contributed by atoms with Crippen LogP contribution in [0.5, 0.6) is 0 Å². The van der Waals surface area contributed by atoms with Gasteiger partial charge >= 0.3 is 0 Å². The number of halogens is 1. The maximum Gasteiger partial charge on any atom is 0.223 e. The summed E-state index contributed by atoms with van der Waals surface area (Å²) in [5.74, 6) is -0.156. The van der Waals surface area contributed by atoms with Crippen molar-refractivity contribution < 1.29 is 9.18 Å². The van der Waals surface area contributed by atoms with Crippen LogP contribution in [0.25, 0.3) is 0 Å². The average molecular weight is 264 g/mol. The topological polar surface area (TPSA) is 46.3 Å². The second-order valence-electron chi connectivity index (χ2n) is 5.36. The molecule has 1 atom stereocenters. The number of carbonyl (C=O) groups is 1. The summed E-state index contributed by atoms with van der Waals surface area (Å²) in [7, 11) is 0. The lowest BCUT2D eigenvalue weighted by molar-refractivity contribution is -0.132. The van der Waals surface area contributed by atoms with Crippen LogP contribution < -0.4 is 5.73 Å². The molecule has 0 saturated heterocycles. The highest BCUT2D eigenvalue weighted by molar-refractivity contribution is 5.77. The van der Waals surface area contributed by atoms with E-state index in [0.29, 0.717) is 31.0 Å². The van der Waals surface area contributed by atoms with Crippen molar-refractivity contribution in [2.75, 3.05) is 0 Å². The van der Waals surface area contributed by atoms with Crippen LogP contribution in [-0.2, 0) is 11.3 Å². The van der Waals surface area contributed by atoms with Crippen molar-refractivity contribution in [2.45, 2.75) is 51.2 Å². The molecule has 2 rings (SSSR count). The molecule has 0 aromatic heterocycles. The Morgan fingerprint density at radius 1 is 1.47 bits per heavy atom. The lowest BCUT2D eigenvalue weighted by Crippen LogP contribution is -2.33. The Hall–Kier alpha value is -1.42. The molecular weight excluding hydrogens is 243 g/mol. The largest absolute Gasteiger partial charge is 0.335 e. The first kappa shape index (κ1) is 14.0. The van der Waals surface area contributed by atoms with Gasteiger partial charge in [-0.2, -0.15) is 0 Å². The van der Waals surface area contributed by atoms with Gasteiger partial charge in [-0.25, -0.2) is 4.39 Å². The molecule has 1 aliphatic carbocycles. The van der Waals surface area contributed by atoms with Crippen LogP contribution in [0.15, 0.2) is 24.3 Å². The Morgan fingerprint density at radius 2 is 2.16 bits per heavy atom. The summed E-state index contributed by atoms with van der Waals surface area (Å²) in [4.78, 5) is 14.0. The molecule has 1 aliphatic rings. The molecule has 0 heterocycles. The van der Waals surface area contributed by atoms with E-state index in [1.54, 1.807) is 23.1 Å². The third-order valence-corrected chi connectivity index (χ3v) is 3.42. The molecular formula is C15H21FN2O. The molecule has 1 aromatic rings. The van der Waals surface area contributed by atoms with Crippen molar-refractivity contribution in [1.82, 2.24) is 4.90 Å². The van der Waals surface area contributed by atoms with Crippen molar-refractivity contribution in [3.05, 3.63) is 35.6 Å². The molecule has 1 amide bonds. The molecule has 19 heavy (non-hydrogen) atoms. The lowest BCUT2D eigenvalue weighted by Gasteiger charge is -2.23. The van der Waals surface area contributed by atoms with Crippen molar-refractivity contribution in [3.63, 3.8) is 0 Å². The lowest BCUT2D eigenvalue weighted by atomic mass is 10.1. The van der Waals surface area contributed by atoms with E-state index in [1.807, 2.05) is 6.92 Å². The monoisotopic (exact) mass is 264 g/mol. The first-order valence-corrected chi connectivity index (χ1v) is 6.86. The van der Waals surface area contributed by atoms with Gasteiger partial charge in [-0.3, -0.25) is 4.79 Å². The van der Waals surface area contributed by atoms with Crippen LogP contribution in [-0.4, -0.2) is 22.9 Å². The van der Waals surface area contributed by atoms with E-state index in [-0.39, 0.29) is 17.8 Å². The highest BCUT2D eigenvalue weighted by Crippen LogP contribution is 2.29. The summed E-state index contributed by atoms with van der Waals surface area (Å²) < 4.78 is 13.7. The molecule has 0 bridgehead atoms. The van der Waals surface area contributed by atoms with Crippen LogP contribution >= 0.6 is 0 Å². The van der Waals surface area contributed by atoms with Crippen LogP contribution in [0.2, 0.25) is 0 Å². The van der Waals surface area contributed by atoms with E-state index >= 15 is 0 Å². The van der Waals surface area contributed by atoms with Crippen LogP contribution in [0.3, 0.4) is 0 Å². The summed E-state index contributed by atoms with van der Waals surface area (Å²) >= 11 is 0. The van der Waals surface area contributed by atoms with E-state index in [0.717, 1.165) is 12.8 Å². The van der Waals surface area contributed by atoms with Gasteiger partial charge in [0, 0.05) is 30.6 Å². The molecule has 1 aromatic carbocycles.